The van der Waals surface area contributed by atoms with Crippen molar-refractivity contribution in [3.8, 4) is 0 Å². The molecule has 0 aromatic carbocycles. The molecule has 18 heavy (non-hydrogen) atoms. The second kappa shape index (κ2) is 4.85. The Balaban J connectivity index is 1.87. The minimum Gasteiger partial charge on any atom is -0.480 e. The number of amides is 1. The highest BCUT2D eigenvalue weighted by Gasteiger charge is 2.43. The van der Waals surface area contributed by atoms with Crippen LogP contribution in [0.25, 0.3) is 0 Å². The fraction of sp³-hybridized carbons (Fsp3) is 0.833. The van der Waals surface area contributed by atoms with Crippen LogP contribution in [0.15, 0.2) is 0 Å². The van der Waals surface area contributed by atoms with Crippen LogP contribution < -0.4 is 5.73 Å². The fourth-order valence-electron chi connectivity index (χ4n) is 2.55. The van der Waals surface area contributed by atoms with Crippen molar-refractivity contribution in [2.45, 2.75) is 37.8 Å². The van der Waals surface area contributed by atoms with Crippen LogP contribution in [0.1, 0.15) is 26.2 Å². The van der Waals surface area contributed by atoms with E-state index < -0.39 is 17.6 Å². The summed E-state index contributed by atoms with van der Waals surface area (Å²) in [5, 5.41) is 8.94. The van der Waals surface area contributed by atoms with Gasteiger partial charge in [0.25, 0.3) is 0 Å². The average Bonchev–Trinajstić information content (AvgIpc) is 2.34. The quantitative estimate of drug-likeness (QED) is 0.709. The maximum atomic E-state index is 12.2. The average molecular weight is 255 g/mol. The largest absolute Gasteiger partial charge is 0.480 e. The number of aliphatic carboxylic acids is 1. The number of carbonyl (C=O) groups excluding carboxylic acids is 1. The van der Waals surface area contributed by atoms with Crippen LogP contribution in [0, 0.1) is 0 Å². The standard InChI is InChI=1S/C12H21N3O3/c1-9(10(16)17)14-5-7-15(8-6-14)11(18)12(13)3-2-4-12/h9H,2-8,13H2,1H3,(H,16,17). The first-order chi connectivity index (χ1) is 8.44. The molecule has 102 valence electrons. The van der Waals surface area contributed by atoms with Crippen molar-refractivity contribution >= 4 is 11.9 Å². The zero-order valence-corrected chi connectivity index (χ0v) is 10.8. The van der Waals surface area contributed by atoms with Gasteiger partial charge < -0.3 is 15.7 Å². The van der Waals surface area contributed by atoms with E-state index in [-0.39, 0.29) is 5.91 Å². The van der Waals surface area contributed by atoms with Gasteiger partial charge in [-0.15, -0.1) is 0 Å². The SMILES string of the molecule is CC(C(=O)O)N1CCN(C(=O)C2(N)CCC2)CC1. The summed E-state index contributed by atoms with van der Waals surface area (Å²) in [6.07, 6.45) is 2.58. The molecule has 6 nitrogen and oxygen atoms in total. The van der Waals surface area contributed by atoms with Gasteiger partial charge in [0.1, 0.15) is 6.04 Å². The van der Waals surface area contributed by atoms with Gasteiger partial charge in [-0.3, -0.25) is 14.5 Å². The summed E-state index contributed by atoms with van der Waals surface area (Å²) in [5.74, 6) is -0.777. The Morgan fingerprint density at radius 3 is 2.17 bits per heavy atom. The lowest BCUT2D eigenvalue weighted by molar-refractivity contribution is -0.146. The van der Waals surface area contributed by atoms with Crippen LogP contribution in [0.2, 0.25) is 0 Å². The second-order valence-electron chi connectivity index (χ2n) is 5.35. The second-order valence-corrected chi connectivity index (χ2v) is 5.35. The maximum Gasteiger partial charge on any atom is 0.320 e. The first-order valence-electron chi connectivity index (χ1n) is 6.49. The number of nitrogens with zero attached hydrogens (tertiary/aromatic N) is 2. The van der Waals surface area contributed by atoms with Gasteiger partial charge in [0, 0.05) is 26.2 Å². The molecule has 6 heteroatoms. The zero-order valence-electron chi connectivity index (χ0n) is 10.8. The molecule has 0 bridgehead atoms. The molecule has 0 aromatic heterocycles. The molecule has 1 saturated carbocycles. The van der Waals surface area contributed by atoms with E-state index in [1.807, 2.05) is 4.90 Å². The predicted molar refractivity (Wildman–Crippen MR) is 66.0 cm³/mol. The number of piperazine rings is 1. The molecule has 1 saturated heterocycles. The molecule has 1 atom stereocenters. The number of carboxylic acids is 1. The molecular weight excluding hydrogens is 234 g/mol. The molecule has 0 radical (unpaired) electrons. The molecule has 0 spiro atoms. The summed E-state index contributed by atoms with van der Waals surface area (Å²) in [6.45, 7) is 4.05. The third-order valence-electron chi connectivity index (χ3n) is 4.18. The van der Waals surface area contributed by atoms with Gasteiger partial charge in [0.2, 0.25) is 5.91 Å². The summed E-state index contributed by atoms with van der Waals surface area (Å²) >= 11 is 0. The number of rotatable bonds is 3. The van der Waals surface area contributed by atoms with E-state index in [2.05, 4.69) is 0 Å². The third-order valence-corrected chi connectivity index (χ3v) is 4.18. The van der Waals surface area contributed by atoms with Gasteiger partial charge in [-0.1, -0.05) is 0 Å². The van der Waals surface area contributed by atoms with E-state index in [4.69, 9.17) is 10.8 Å². The van der Waals surface area contributed by atoms with Crippen molar-refractivity contribution in [3.05, 3.63) is 0 Å². The van der Waals surface area contributed by atoms with Gasteiger partial charge in [-0.25, -0.2) is 0 Å². The maximum absolute atomic E-state index is 12.2. The predicted octanol–water partition coefficient (Wildman–Crippen LogP) is -0.515. The van der Waals surface area contributed by atoms with Crippen LogP contribution in [0.5, 0.6) is 0 Å². The van der Waals surface area contributed by atoms with Crippen molar-refractivity contribution in [3.63, 3.8) is 0 Å². The molecule has 2 rings (SSSR count). The number of nitrogens with two attached hydrogens (primary N) is 1. The minimum atomic E-state index is -0.816. The van der Waals surface area contributed by atoms with Crippen molar-refractivity contribution < 1.29 is 14.7 Å². The molecule has 1 heterocycles. The summed E-state index contributed by atoms with van der Waals surface area (Å²) in [6, 6.07) is -0.488. The summed E-state index contributed by atoms with van der Waals surface area (Å²) in [4.78, 5) is 26.7. The Labute approximate surface area is 107 Å². The van der Waals surface area contributed by atoms with E-state index in [1.54, 1.807) is 11.8 Å². The van der Waals surface area contributed by atoms with Crippen molar-refractivity contribution in [1.29, 1.82) is 0 Å². The smallest absolute Gasteiger partial charge is 0.320 e. The van der Waals surface area contributed by atoms with Crippen LogP contribution >= 0.6 is 0 Å². The third kappa shape index (κ3) is 2.35. The van der Waals surface area contributed by atoms with Crippen LogP contribution in [-0.4, -0.2) is 64.5 Å². The Kier molecular flexibility index (Phi) is 3.59. The van der Waals surface area contributed by atoms with Crippen LogP contribution in [-0.2, 0) is 9.59 Å². The van der Waals surface area contributed by atoms with Crippen molar-refractivity contribution in [2.75, 3.05) is 26.2 Å². The van der Waals surface area contributed by atoms with Gasteiger partial charge in [0.15, 0.2) is 0 Å². The molecular formula is C12H21N3O3. The highest BCUT2D eigenvalue weighted by Crippen LogP contribution is 2.31. The molecule has 2 aliphatic rings. The molecule has 2 fully saturated rings. The highest BCUT2D eigenvalue weighted by atomic mass is 16.4. The Morgan fingerprint density at radius 2 is 1.78 bits per heavy atom. The highest BCUT2D eigenvalue weighted by molar-refractivity contribution is 5.87. The topological polar surface area (TPSA) is 86.9 Å². The minimum absolute atomic E-state index is 0.0383. The number of carboxylic acid groups (broad SMARTS) is 1. The molecule has 1 amide bonds. The summed E-state index contributed by atoms with van der Waals surface area (Å²) in [7, 11) is 0. The number of hydrogen-bond acceptors (Lipinski definition) is 4. The fourth-order valence-corrected chi connectivity index (χ4v) is 2.55. The molecule has 1 unspecified atom stereocenters. The molecule has 1 aliphatic heterocycles. The van der Waals surface area contributed by atoms with E-state index in [0.717, 1.165) is 19.3 Å². The molecule has 0 aromatic rings. The Hall–Kier alpha value is -1.14. The molecule has 1 aliphatic carbocycles. The summed E-state index contributed by atoms with van der Waals surface area (Å²) < 4.78 is 0. The van der Waals surface area contributed by atoms with E-state index in [0.29, 0.717) is 26.2 Å². The Bertz CT molecular complexity index is 346. The monoisotopic (exact) mass is 255 g/mol. The van der Waals surface area contributed by atoms with Gasteiger partial charge in [-0.05, 0) is 26.2 Å². The van der Waals surface area contributed by atoms with Crippen molar-refractivity contribution in [1.82, 2.24) is 9.80 Å². The van der Waals surface area contributed by atoms with E-state index >= 15 is 0 Å². The first-order valence-corrected chi connectivity index (χ1v) is 6.49. The lowest BCUT2D eigenvalue weighted by Gasteiger charge is -2.43. The van der Waals surface area contributed by atoms with E-state index in [9.17, 15) is 9.59 Å². The zero-order chi connectivity index (χ0) is 13.3. The number of carbonyl (C=O) groups is 2. The van der Waals surface area contributed by atoms with Gasteiger partial charge in [0.05, 0.1) is 5.54 Å². The first kappa shape index (κ1) is 13.3. The van der Waals surface area contributed by atoms with E-state index in [1.165, 1.54) is 0 Å². The Morgan fingerprint density at radius 1 is 1.22 bits per heavy atom. The van der Waals surface area contributed by atoms with Crippen LogP contribution in [0.4, 0.5) is 0 Å². The lowest BCUT2D eigenvalue weighted by Crippen LogP contribution is -2.63. The van der Waals surface area contributed by atoms with Gasteiger partial charge in [-0.2, -0.15) is 0 Å². The van der Waals surface area contributed by atoms with Gasteiger partial charge >= 0.3 is 5.97 Å². The lowest BCUT2D eigenvalue weighted by atomic mass is 9.76. The number of hydrogen-bond donors (Lipinski definition) is 2. The normalized spacial score (nSPS) is 25.3. The van der Waals surface area contributed by atoms with Crippen molar-refractivity contribution in [2.24, 2.45) is 5.73 Å². The summed E-state index contributed by atoms with van der Waals surface area (Å²) in [5.41, 5.74) is 5.38. The molecule has 3 N–H and O–H groups in total. The van der Waals surface area contributed by atoms with Crippen LogP contribution in [0.3, 0.4) is 0 Å².